The van der Waals surface area contributed by atoms with Crippen molar-refractivity contribution in [2.24, 2.45) is 0 Å². The van der Waals surface area contributed by atoms with E-state index in [9.17, 15) is 8.42 Å². The summed E-state index contributed by atoms with van der Waals surface area (Å²) in [5.41, 5.74) is 0.687. The van der Waals surface area contributed by atoms with Crippen LogP contribution in [0.25, 0.3) is 10.9 Å². The van der Waals surface area contributed by atoms with E-state index in [0.29, 0.717) is 36.5 Å². The maximum Gasteiger partial charge on any atom is 0.175 e. The molecule has 1 unspecified atom stereocenters. The average Bonchev–Trinajstić information content (AvgIpc) is 3.14. The summed E-state index contributed by atoms with van der Waals surface area (Å²) in [6.07, 6.45) is 2.67. The fourth-order valence-corrected chi connectivity index (χ4v) is 4.18. The lowest BCUT2D eigenvalue weighted by Crippen LogP contribution is -2.41. The van der Waals surface area contributed by atoms with Crippen molar-refractivity contribution < 1.29 is 17.6 Å². The molecule has 1 aromatic carbocycles. The van der Waals surface area contributed by atoms with Crippen LogP contribution in [0.1, 0.15) is 17.6 Å². The van der Waals surface area contributed by atoms with E-state index in [1.54, 1.807) is 18.2 Å². The Labute approximate surface area is 169 Å². The van der Waals surface area contributed by atoms with Gasteiger partial charge in [0, 0.05) is 31.3 Å². The van der Waals surface area contributed by atoms with Crippen molar-refractivity contribution in [2.75, 3.05) is 44.4 Å². The number of anilines is 1. The lowest BCUT2D eigenvalue weighted by atomic mass is 10.1. The second-order valence-electron chi connectivity index (χ2n) is 7.17. The fraction of sp³-hybridized carbons (Fsp3) is 0.400. The van der Waals surface area contributed by atoms with Crippen LogP contribution in [0.3, 0.4) is 0 Å². The van der Waals surface area contributed by atoms with Crippen LogP contribution in [0.4, 0.5) is 5.82 Å². The van der Waals surface area contributed by atoms with E-state index in [0.717, 1.165) is 24.6 Å². The van der Waals surface area contributed by atoms with E-state index in [4.69, 9.17) is 9.15 Å². The number of ether oxygens (including phenoxy) is 1. The molecule has 8 nitrogen and oxygen atoms in total. The molecule has 0 radical (unpaired) electrons. The summed E-state index contributed by atoms with van der Waals surface area (Å²) in [6, 6.07) is 8.85. The molecule has 3 heterocycles. The molecule has 4 rings (SSSR count). The monoisotopic (exact) mass is 416 g/mol. The van der Waals surface area contributed by atoms with Crippen molar-refractivity contribution in [3.8, 4) is 0 Å². The average molecular weight is 417 g/mol. The fourth-order valence-electron chi connectivity index (χ4n) is 3.53. The van der Waals surface area contributed by atoms with Gasteiger partial charge in [-0.05, 0) is 37.3 Å². The molecule has 29 heavy (non-hydrogen) atoms. The Balaban J connectivity index is 1.63. The summed E-state index contributed by atoms with van der Waals surface area (Å²) < 4.78 is 35.3. The van der Waals surface area contributed by atoms with Gasteiger partial charge in [-0.25, -0.2) is 18.4 Å². The number of rotatable bonds is 6. The largest absolute Gasteiger partial charge is 0.465 e. The molecular weight excluding hydrogens is 392 g/mol. The van der Waals surface area contributed by atoms with Gasteiger partial charge in [0.1, 0.15) is 23.7 Å². The minimum absolute atomic E-state index is 0.00991. The van der Waals surface area contributed by atoms with Gasteiger partial charge in [-0.3, -0.25) is 4.90 Å². The molecule has 0 aliphatic carbocycles. The second kappa shape index (κ2) is 8.10. The maximum atomic E-state index is 12.0. The normalized spacial score (nSPS) is 16.8. The quantitative estimate of drug-likeness (QED) is 0.654. The molecule has 1 fully saturated rings. The summed E-state index contributed by atoms with van der Waals surface area (Å²) in [5, 5.41) is 4.06. The van der Waals surface area contributed by atoms with Gasteiger partial charge in [0.15, 0.2) is 9.84 Å². The number of furan rings is 1. The first-order chi connectivity index (χ1) is 13.9. The third-order valence-corrected chi connectivity index (χ3v) is 6.18. The van der Waals surface area contributed by atoms with Crippen LogP contribution in [-0.4, -0.2) is 62.4 Å². The van der Waals surface area contributed by atoms with Crippen molar-refractivity contribution >= 4 is 26.6 Å². The van der Waals surface area contributed by atoms with Crippen LogP contribution in [-0.2, 0) is 14.6 Å². The van der Waals surface area contributed by atoms with E-state index in [2.05, 4.69) is 20.2 Å². The molecule has 1 saturated heterocycles. The van der Waals surface area contributed by atoms with Crippen molar-refractivity contribution in [1.29, 1.82) is 0 Å². The van der Waals surface area contributed by atoms with Crippen LogP contribution >= 0.6 is 0 Å². The first-order valence-electron chi connectivity index (χ1n) is 9.48. The van der Waals surface area contributed by atoms with Crippen molar-refractivity contribution in [3.63, 3.8) is 0 Å². The van der Waals surface area contributed by atoms with E-state index >= 15 is 0 Å². The Bertz CT molecular complexity index is 1110. The first kappa shape index (κ1) is 19.8. The van der Waals surface area contributed by atoms with Gasteiger partial charge in [0.25, 0.3) is 0 Å². The van der Waals surface area contributed by atoms with Gasteiger partial charge in [-0.1, -0.05) is 0 Å². The lowest BCUT2D eigenvalue weighted by molar-refractivity contribution is 0.0143. The number of morpholine rings is 1. The molecule has 3 aromatic rings. The van der Waals surface area contributed by atoms with Gasteiger partial charge in [0.2, 0.25) is 0 Å². The Hall–Kier alpha value is -2.49. The van der Waals surface area contributed by atoms with Crippen molar-refractivity contribution in [2.45, 2.75) is 17.9 Å². The molecular formula is C20H24N4O4S. The van der Waals surface area contributed by atoms with E-state index in [-0.39, 0.29) is 10.9 Å². The summed E-state index contributed by atoms with van der Waals surface area (Å²) >= 11 is 0. The predicted octanol–water partition coefficient (Wildman–Crippen LogP) is 2.42. The number of nitrogens with zero attached hydrogens (tertiary/aromatic N) is 3. The highest BCUT2D eigenvalue weighted by Crippen LogP contribution is 2.27. The van der Waals surface area contributed by atoms with Gasteiger partial charge >= 0.3 is 0 Å². The van der Waals surface area contributed by atoms with E-state index in [1.807, 2.05) is 19.1 Å². The Morgan fingerprint density at radius 2 is 1.97 bits per heavy atom. The Morgan fingerprint density at radius 3 is 2.66 bits per heavy atom. The smallest absolute Gasteiger partial charge is 0.175 e. The topological polar surface area (TPSA) is 97.6 Å². The first-order valence-corrected chi connectivity index (χ1v) is 11.4. The minimum atomic E-state index is -3.32. The molecule has 0 spiro atoms. The highest BCUT2D eigenvalue weighted by molar-refractivity contribution is 7.90. The van der Waals surface area contributed by atoms with Gasteiger partial charge in [-0.2, -0.15) is 0 Å². The molecule has 0 bridgehead atoms. The number of hydrogen-bond acceptors (Lipinski definition) is 8. The molecule has 9 heteroatoms. The minimum Gasteiger partial charge on any atom is -0.465 e. The number of fused-ring (bicyclic) bond motifs is 1. The number of sulfone groups is 1. The van der Waals surface area contributed by atoms with E-state index < -0.39 is 9.84 Å². The van der Waals surface area contributed by atoms with Gasteiger partial charge in [0.05, 0.1) is 29.7 Å². The third-order valence-electron chi connectivity index (χ3n) is 5.07. The highest BCUT2D eigenvalue weighted by atomic mass is 32.2. The van der Waals surface area contributed by atoms with Crippen molar-refractivity contribution in [1.82, 2.24) is 14.9 Å². The SMILES string of the molecule is Cc1ccc(C(CNc2ncnc3ccc(S(C)(=O)=O)cc23)N2CCOCC2)o1. The Kier molecular flexibility index (Phi) is 5.53. The van der Waals surface area contributed by atoms with Crippen LogP contribution in [0, 0.1) is 6.92 Å². The molecule has 154 valence electrons. The molecule has 1 atom stereocenters. The zero-order chi connectivity index (χ0) is 20.4. The number of benzene rings is 1. The summed E-state index contributed by atoms with van der Waals surface area (Å²) in [4.78, 5) is 11.2. The number of aryl methyl sites for hydroxylation is 1. The van der Waals surface area contributed by atoms with Crippen LogP contribution in [0.5, 0.6) is 0 Å². The second-order valence-corrected chi connectivity index (χ2v) is 9.18. The predicted molar refractivity (Wildman–Crippen MR) is 110 cm³/mol. The number of nitrogens with one attached hydrogen (secondary N) is 1. The van der Waals surface area contributed by atoms with Gasteiger partial charge in [-0.15, -0.1) is 0 Å². The molecule has 1 aliphatic heterocycles. The molecule has 1 aliphatic rings. The number of aromatic nitrogens is 2. The molecule has 2 aromatic heterocycles. The number of hydrogen-bond donors (Lipinski definition) is 1. The lowest BCUT2D eigenvalue weighted by Gasteiger charge is -2.33. The standard InChI is InChI=1S/C20H24N4O4S/c1-14-3-6-19(28-14)18(24-7-9-27-10-8-24)12-21-20-16-11-15(29(2,25)26)4-5-17(16)22-13-23-20/h3-6,11,13,18H,7-10,12H2,1-2H3,(H,21,22,23). The molecule has 1 N–H and O–H groups in total. The summed E-state index contributed by atoms with van der Waals surface area (Å²) in [6.45, 7) is 5.48. The van der Waals surface area contributed by atoms with E-state index in [1.165, 1.54) is 12.6 Å². The van der Waals surface area contributed by atoms with Crippen LogP contribution in [0.2, 0.25) is 0 Å². The summed E-state index contributed by atoms with van der Waals surface area (Å²) in [7, 11) is -3.32. The highest BCUT2D eigenvalue weighted by Gasteiger charge is 2.25. The molecule has 0 saturated carbocycles. The van der Waals surface area contributed by atoms with Crippen LogP contribution in [0.15, 0.2) is 46.0 Å². The van der Waals surface area contributed by atoms with Gasteiger partial charge < -0.3 is 14.5 Å². The Morgan fingerprint density at radius 1 is 1.17 bits per heavy atom. The zero-order valence-electron chi connectivity index (χ0n) is 16.5. The summed E-state index contributed by atoms with van der Waals surface area (Å²) in [5.74, 6) is 2.35. The zero-order valence-corrected chi connectivity index (χ0v) is 17.3. The molecule has 0 amide bonds. The maximum absolute atomic E-state index is 12.0. The van der Waals surface area contributed by atoms with Crippen molar-refractivity contribution in [3.05, 3.63) is 48.2 Å². The van der Waals surface area contributed by atoms with Crippen LogP contribution < -0.4 is 5.32 Å². The third kappa shape index (κ3) is 4.42.